The summed E-state index contributed by atoms with van der Waals surface area (Å²) in [4.78, 5) is 7.91. The molecule has 0 radical (unpaired) electrons. The van der Waals surface area contributed by atoms with E-state index in [0.717, 1.165) is 22.7 Å². The zero-order chi connectivity index (χ0) is 65.4. The van der Waals surface area contributed by atoms with Crippen LogP contribution >= 0.6 is 0 Å². The monoisotopic (exact) mass is 1200 g/mol. The average molecular weight is 1200 g/mol. The molecule has 4 aliphatic rings. The molecular formula is C88H94BN3. The van der Waals surface area contributed by atoms with Crippen molar-refractivity contribution < 1.29 is 0 Å². The predicted molar refractivity (Wildman–Crippen MR) is 397 cm³/mol. The van der Waals surface area contributed by atoms with Crippen LogP contribution < -0.4 is 31.1 Å². The Morgan fingerprint density at radius 1 is 0.293 bits per heavy atom. The maximum atomic E-state index is 2.72. The number of hydrogen-bond acceptors (Lipinski definition) is 3. The summed E-state index contributed by atoms with van der Waals surface area (Å²) in [6, 6.07) is 81.2. The molecule has 2 aliphatic heterocycles. The Labute approximate surface area is 551 Å². The molecule has 14 rings (SSSR count). The van der Waals surface area contributed by atoms with Gasteiger partial charge in [0, 0.05) is 72.7 Å². The van der Waals surface area contributed by atoms with Gasteiger partial charge in [0.1, 0.15) is 0 Å². The fraction of sp³-hybridized carbons (Fsp3) is 0.318. The normalized spacial score (nSPS) is 16.3. The first-order valence-electron chi connectivity index (χ1n) is 33.9. The van der Waals surface area contributed by atoms with Gasteiger partial charge in [0.05, 0.1) is 5.69 Å². The third-order valence-electron chi connectivity index (χ3n) is 22.0. The van der Waals surface area contributed by atoms with Gasteiger partial charge in [-0.05, 0) is 195 Å². The summed E-state index contributed by atoms with van der Waals surface area (Å²) in [6.45, 7) is 47.6. The Bertz CT molecular complexity index is 4550. The average Bonchev–Trinajstić information content (AvgIpc) is 0.690. The smallest absolute Gasteiger partial charge is 0.252 e. The third kappa shape index (κ3) is 9.49. The van der Waals surface area contributed by atoms with E-state index >= 15 is 0 Å². The maximum Gasteiger partial charge on any atom is 0.252 e. The second-order valence-electron chi connectivity index (χ2n) is 33.6. The van der Waals surface area contributed by atoms with Gasteiger partial charge in [0.15, 0.2) is 0 Å². The lowest BCUT2D eigenvalue weighted by Crippen LogP contribution is -2.62. The lowest BCUT2D eigenvalue weighted by Gasteiger charge is -2.49. The zero-order valence-corrected chi connectivity index (χ0v) is 58.5. The Morgan fingerprint density at radius 2 is 0.696 bits per heavy atom. The highest BCUT2D eigenvalue weighted by Gasteiger charge is 2.50. The number of fused-ring (bicyclic) bond motifs is 8. The topological polar surface area (TPSA) is 9.72 Å². The molecule has 0 saturated heterocycles. The van der Waals surface area contributed by atoms with Gasteiger partial charge in [-0.15, -0.1) is 0 Å². The van der Waals surface area contributed by atoms with E-state index in [-0.39, 0.29) is 50.0 Å². The van der Waals surface area contributed by atoms with Crippen LogP contribution in [0.3, 0.4) is 0 Å². The van der Waals surface area contributed by atoms with Gasteiger partial charge in [-0.3, -0.25) is 0 Å². The van der Waals surface area contributed by atoms with Crippen molar-refractivity contribution in [3.8, 4) is 11.1 Å². The summed E-state index contributed by atoms with van der Waals surface area (Å²) in [5.41, 5.74) is 32.0. The van der Waals surface area contributed by atoms with Crippen molar-refractivity contribution in [2.45, 2.75) is 182 Å². The minimum absolute atomic E-state index is 0.000730. The molecule has 10 aromatic rings. The highest BCUT2D eigenvalue weighted by molar-refractivity contribution is 7.00. The van der Waals surface area contributed by atoms with Crippen LogP contribution in [0.25, 0.3) is 11.1 Å². The Kier molecular flexibility index (Phi) is 13.7. The van der Waals surface area contributed by atoms with Crippen molar-refractivity contribution >= 4 is 74.3 Å². The first-order chi connectivity index (χ1) is 43.2. The highest BCUT2D eigenvalue weighted by Crippen LogP contribution is 2.56. The molecule has 92 heavy (non-hydrogen) atoms. The Morgan fingerprint density at radius 3 is 1.20 bits per heavy atom. The molecule has 0 N–H and O–H groups in total. The predicted octanol–water partition coefficient (Wildman–Crippen LogP) is 22.0. The second kappa shape index (κ2) is 20.6. The van der Waals surface area contributed by atoms with Crippen LogP contribution in [-0.4, -0.2) is 6.71 Å². The summed E-state index contributed by atoms with van der Waals surface area (Å²) in [5.74, 6) is 0. The van der Waals surface area contributed by atoms with Crippen LogP contribution in [0.2, 0.25) is 0 Å². The molecule has 464 valence electrons. The Hall–Kier alpha value is -8.34. The SMILES string of the molecule is CC(C)(C)c1ccc(N(c2ccc(C(C)(C)C)cc2)c2ccc3c(c2)B2c4cc5c(cc4N(c4ccc6c(c4)C(C)(C)c4ccccc4C6(C)C)c4cc(C(C)(C)C)cc(c42)N3c2ccc(C(C)(C)C)cc2-c2ccccc2)C(C)(C)c2ccccc2C5(C)C)cc1. The van der Waals surface area contributed by atoms with Gasteiger partial charge < -0.3 is 14.7 Å². The summed E-state index contributed by atoms with van der Waals surface area (Å²) in [7, 11) is 0. The lowest BCUT2D eigenvalue weighted by atomic mass is 9.33. The number of nitrogens with zero attached hydrogens (tertiary/aromatic N) is 3. The van der Waals surface area contributed by atoms with E-state index in [0.29, 0.717) is 0 Å². The molecule has 3 nitrogen and oxygen atoms in total. The number of hydrogen-bond donors (Lipinski definition) is 0. The summed E-state index contributed by atoms with van der Waals surface area (Å²) < 4.78 is 0. The Balaban J connectivity index is 1.13. The van der Waals surface area contributed by atoms with Crippen LogP contribution in [0.1, 0.15) is 205 Å². The molecule has 4 heteroatoms. The van der Waals surface area contributed by atoms with Crippen LogP contribution in [0.4, 0.5) is 51.2 Å². The fourth-order valence-electron chi connectivity index (χ4n) is 16.4. The van der Waals surface area contributed by atoms with Crippen molar-refractivity contribution in [3.05, 3.63) is 273 Å². The molecule has 0 saturated carbocycles. The first kappa shape index (κ1) is 61.2. The molecule has 0 aromatic heterocycles. The quantitative estimate of drug-likeness (QED) is 0.154. The number of anilines is 9. The van der Waals surface area contributed by atoms with Crippen LogP contribution in [0.15, 0.2) is 206 Å². The van der Waals surface area contributed by atoms with Crippen molar-refractivity contribution in [1.82, 2.24) is 0 Å². The molecule has 2 aliphatic carbocycles. The van der Waals surface area contributed by atoms with E-state index in [9.17, 15) is 0 Å². The lowest BCUT2D eigenvalue weighted by molar-refractivity contribution is 0.520. The van der Waals surface area contributed by atoms with E-state index < -0.39 is 0 Å². The summed E-state index contributed by atoms with van der Waals surface area (Å²) in [5, 5.41) is 0. The van der Waals surface area contributed by atoms with Crippen molar-refractivity contribution in [2.24, 2.45) is 0 Å². The standard InChI is InChI=1S/C88H94BN3/c1-81(2,3)56-34-39-60(40-35-56)90(61-41-36-57(37-42-61)82(4,5)6)63-44-47-76-73(52-63)89-74-53-71-72(88(19,20)68-33-27-26-32-67(68)87(71,17)18)54-77(74)91(62-43-45-69-70(51-62)86(15,16)66-31-25-24-30-65(66)85(69,13)14)78-49-59(84(10,11)12)50-79(80(78)89)92(76)75-46-38-58(83(7,8)9)48-64(75)55-28-22-21-23-29-55/h21-54H,1-20H3. The van der Waals surface area contributed by atoms with Crippen LogP contribution in [0, 0.1) is 0 Å². The highest BCUT2D eigenvalue weighted by atomic mass is 15.2. The van der Waals surface area contributed by atoms with Gasteiger partial charge in [-0.25, -0.2) is 0 Å². The molecule has 10 aromatic carbocycles. The largest absolute Gasteiger partial charge is 0.311 e. The van der Waals surface area contributed by atoms with E-state index in [4.69, 9.17) is 0 Å². The van der Waals surface area contributed by atoms with Crippen molar-refractivity contribution in [3.63, 3.8) is 0 Å². The van der Waals surface area contributed by atoms with Gasteiger partial charge in [0.2, 0.25) is 0 Å². The van der Waals surface area contributed by atoms with Gasteiger partial charge >= 0.3 is 0 Å². The maximum absolute atomic E-state index is 2.72. The molecule has 0 bridgehead atoms. The fourth-order valence-corrected chi connectivity index (χ4v) is 16.4. The molecule has 0 amide bonds. The van der Waals surface area contributed by atoms with E-state index in [2.05, 4.69) is 359 Å². The van der Waals surface area contributed by atoms with Gasteiger partial charge in [0.25, 0.3) is 6.71 Å². The molecule has 0 spiro atoms. The molecular weight excluding hydrogens is 1110 g/mol. The first-order valence-corrected chi connectivity index (χ1v) is 33.9. The van der Waals surface area contributed by atoms with E-state index in [1.54, 1.807) is 0 Å². The minimum Gasteiger partial charge on any atom is -0.311 e. The molecule has 0 atom stereocenters. The number of rotatable bonds is 6. The van der Waals surface area contributed by atoms with Crippen molar-refractivity contribution in [1.29, 1.82) is 0 Å². The summed E-state index contributed by atoms with van der Waals surface area (Å²) in [6.07, 6.45) is 0. The molecule has 0 unspecified atom stereocenters. The van der Waals surface area contributed by atoms with Gasteiger partial charge in [-0.2, -0.15) is 0 Å². The second-order valence-corrected chi connectivity index (χ2v) is 33.6. The van der Waals surface area contributed by atoms with Crippen LogP contribution in [0.5, 0.6) is 0 Å². The molecule has 0 fully saturated rings. The number of benzene rings is 10. The third-order valence-corrected chi connectivity index (χ3v) is 22.0. The van der Waals surface area contributed by atoms with Gasteiger partial charge in [-0.1, -0.05) is 260 Å². The van der Waals surface area contributed by atoms with Crippen LogP contribution in [-0.2, 0) is 43.3 Å². The minimum atomic E-state index is -0.296. The van der Waals surface area contributed by atoms with Crippen molar-refractivity contribution in [2.75, 3.05) is 14.7 Å². The molecule has 2 heterocycles. The summed E-state index contributed by atoms with van der Waals surface area (Å²) >= 11 is 0. The van der Waals surface area contributed by atoms with E-state index in [1.165, 1.54) is 123 Å². The van der Waals surface area contributed by atoms with E-state index in [1.807, 2.05) is 0 Å². The zero-order valence-electron chi connectivity index (χ0n) is 58.5.